The summed E-state index contributed by atoms with van der Waals surface area (Å²) < 4.78 is 21.2. The average Bonchev–Trinajstić information content (AvgIpc) is 2.93. The van der Waals surface area contributed by atoms with Crippen LogP contribution in [-0.2, 0) is 4.79 Å². The van der Waals surface area contributed by atoms with E-state index in [1.54, 1.807) is 24.4 Å². The number of fused-ring (bicyclic) bond motifs is 2. The number of aromatic nitrogens is 2. The fraction of sp³-hybridized carbons (Fsp3) is 0.133. The average molecular weight is 587 g/mol. The van der Waals surface area contributed by atoms with Crippen LogP contribution in [0.15, 0.2) is 93.2 Å². The van der Waals surface area contributed by atoms with Gasteiger partial charge in [0.2, 0.25) is 0 Å². The molecular formula is C30H24BrFN4O3. The second-order valence-electron chi connectivity index (χ2n) is 9.19. The van der Waals surface area contributed by atoms with Crippen LogP contribution in [0.5, 0.6) is 5.75 Å². The molecule has 0 atom stereocenters. The molecule has 1 N–H and O–H groups in total. The molecule has 1 aromatic heterocycles. The van der Waals surface area contributed by atoms with Gasteiger partial charge in [-0.05, 0) is 59.3 Å². The van der Waals surface area contributed by atoms with E-state index < -0.39 is 11.7 Å². The van der Waals surface area contributed by atoms with Crippen molar-refractivity contribution < 1.29 is 13.9 Å². The van der Waals surface area contributed by atoms with Crippen molar-refractivity contribution >= 4 is 55.4 Å². The summed E-state index contributed by atoms with van der Waals surface area (Å²) in [7, 11) is 0. The number of benzene rings is 4. The van der Waals surface area contributed by atoms with E-state index in [0.29, 0.717) is 33.7 Å². The number of nitrogens with one attached hydrogen (secondary N) is 1. The third-order valence-electron chi connectivity index (χ3n) is 6.07. The van der Waals surface area contributed by atoms with E-state index in [2.05, 4.69) is 26.3 Å². The Hall–Kier alpha value is -4.37. The van der Waals surface area contributed by atoms with Crippen LogP contribution in [-0.4, -0.2) is 28.4 Å². The lowest BCUT2D eigenvalue weighted by Gasteiger charge is -2.14. The lowest BCUT2D eigenvalue weighted by molar-refractivity contribution is -0.118. The summed E-state index contributed by atoms with van der Waals surface area (Å²) in [6.45, 7) is 3.62. The van der Waals surface area contributed by atoms with Gasteiger partial charge in [-0.3, -0.25) is 9.59 Å². The first-order chi connectivity index (χ1) is 18.8. The van der Waals surface area contributed by atoms with Crippen LogP contribution >= 0.6 is 15.9 Å². The number of hydrogen-bond donors (Lipinski definition) is 1. The van der Waals surface area contributed by atoms with Crippen LogP contribution < -0.4 is 15.6 Å². The Balaban J connectivity index is 1.52. The number of anilines is 1. The second kappa shape index (κ2) is 11.2. The summed E-state index contributed by atoms with van der Waals surface area (Å²) in [5.74, 6) is 0.0784. The number of carbonyl (C=O) groups is 1. The highest BCUT2D eigenvalue weighted by Gasteiger charge is 2.15. The number of hydrogen-bond acceptors (Lipinski definition) is 5. The van der Waals surface area contributed by atoms with Crippen molar-refractivity contribution in [2.24, 2.45) is 5.10 Å². The summed E-state index contributed by atoms with van der Waals surface area (Å²) in [6, 6.07) is 22.2. The first-order valence-corrected chi connectivity index (χ1v) is 13.1. The fourth-order valence-corrected chi connectivity index (χ4v) is 4.54. The van der Waals surface area contributed by atoms with Crippen LogP contribution in [0, 0.1) is 5.82 Å². The normalized spacial score (nSPS) is 11.5. The van der Waals surface area contributed by atoms with Gasteiger partial charge in [-0.15, -0.1) is 0 Å². The van der Waals surface area contributed by atoms with Crippen molar-refractivity contribution in [1.29, 1.82) is 0 Å². The lowest BCUT2D eigenvalue weighted by atomic mass is 10.0. The second-order valence-corrected chi connectivity index (χ2v) is 10.1. The minimum atomic E-state index is -0.403. The van der Waals surface area contributed by atoms with Crippen LogP contribution in [0.25, 0.3) is 21.7 Å². The molecule has 0 bridgehead atoms. The van der Waals surface area contributed by atoms with E-state index in [9.17, 15) is 14.0 Å². The molecule has 0 saturated heterocycles. The molecule has 0 aliphatic rings. The third kappa shape index (κ3) is 5.73. The Morgan fingerprint density at radius 2 is 1.85 bits per heavy atom. The van der Waals surface area contributed by atoms with Crippen LogP contribution in [0.2, 0.25) is 0 Å². The summed E-state index contributed by atoms with van der Waals surface area (Å²) in [6.07, 6.45) is 1.56. The quantitative estimate of drug-likeness (QED) is 0.221. The maximum absolute atomic E-state index is 13.5. The van der Waals surface area contributed by atoms with Crippen molar-refractivity contribution in [2.45, 2.75) is 19.8 Å². The number of rotatable bonds is 7. The minimum Gasteiger partial charge on any atom is -0.483 e. The van der Waals surface area contributed by atoms with E-state index in [1.807, 2.05) is 50.2 Å². The van der Waals surface area contributed by atoms with E-state index >= 15 is 0 Å². The number of amides is 1. The molecular weight excluding hydrogens is 563 g/mol. The van der Waals surface area contributed by atoms with Gasteiger partial charge in [-0.1, -0.05) is 60.1 Å². The summed E-state index contributed by atoms with van der Waals surface area (Å²) in [5.41, 5.74) is 1.38. The molecule has 0 unspecified atom stereocenters. The van der Waals surface area contributed by atoms with Gasteiger partial charge in [0.05, 0.1) is 17.1 Å². The van der Waals surface area contributed by atoms with Gasteiger partial charge in [-0.2, -0.15) is 9.78 Å². The fourth-order valence-electron chi connectivity index (χ4n) is 4.17. The monoisotopic (exact) mass is 586 g/mol. The van der Waals surface area contributed by atoms with E-state index in [0.717, 1.165) is 15.2 Å². The first-order valence-electron chi connectivity index (χ1n) is 12.3. The molecule has 4 aromatic carbocycles. The van der Waals surface area contributed by atoms with Crippen molar-refractivity contribution in [3.05, 3.63) is 111 Å². The van der Waals surface area contributed by atoms with Gasteiger partial charge in [0, 0.05) is 21.6 Å². The van der Waals surface area contributed by atoms with Gasteiger partial charge >= 0.3 is 0 Å². The number of halogens is 2. The Kier molecular flexibility index (Phi) is 7.51. The molecule has 1 amide bonds. The maximum Gasteiger partial charge on any atom is 0.282 e. The number of carbonyl (C=O) groups excluding carboxylic acids is 1. The van der Waals surface area contributed by atoms with Gasteiger partial charge in [0.1, 0.15) is 17.4 Å². The topological polar surface area (TPSA) is 85.6 Å². The van der Waals surface area contributed by atoms with E-state index in [1.165, 1.54) is 28.9 Å². The zero-order valence-electron chi connectivity index (χ0n) is 21.2. The number of ether oxygens (including phenoxy) is 1. The summed E-state index contributed by atoms with van der Waals surface area (Å²) in [4.78, 5) is 30.7. The lowest BCUT2D eigenvalue weighted by Crippen LogP contribution is -2.23. The molecule has 1 heterocycles. The predicted molar refractivity (Wildman–Crippen MR) is 155 cm³/mol. The molecule has 5 aromatic rings. The highest BCUT2D eigenvalue weighted by molar-refractivity contribution is 9.10. The van der Waals surface area contributed by atoms with E-state index in [-0.39, 0.29) is 18.1 Å². The van der Waals surface area contributed by atoms with Crippen LogP contribution in [0.1, 0.15) is 31.2 Å². The molecule has 196 valence electrons. The molecule has 0 saturated carbocycles. The molecule has 9 heteroatoms. The highest BCUT2D eigenvalue weighted by atomic mass is 79.9. The molecule has 7 nitrogen and oxygen atoms in total. The standard InChI is InChI=1S/C30H24BrFN4O3/c1-18(2)29-35-26-13-8-20(31)15-24(26)30(38)36(29)33-16-25-23-6-4-3-5-19(23)7-14-27(25)39-17-28(37)34-22-11-9-21(32)10-12-22/h3-16,18H,17H2,1-2H3,(H,34,37). The molecule has 0 spiro atoms. The van der Waals surface area contributed by atoms with Crippen LogP contribution in [0.4, 0.5) is 10.1 Å². The van der Waals surface area contributed by atoms with Crippen molar-refractivity contribution in [3.8, 4) is 5.75 Å². The van der Waals surface area contributed by atoms with Gasteiger partial charge < -0.3 is 10.1 Å². The molecule has 5 rings (SSSR count). The molecule has 39 heavy (non-hydrogen) atoms. The molecule has 0 aliphatic heterocycles. The SMILES string of the molecule is CC(C)c1nc2ccc(Br)cc2c(=O)n1N=Cc1c(OCC(=O)Nc2ccc(F)cc2)ccc2ccccc12. The zero-order chi connectivity index (χ0) is 27.5. The summed E-state index contributed by atoms with van der Waals surface area (Å²) >= 11 is 3.42. The first kappa shape index (κ1) is 26.2. The summed E-state index contributed by atoms with van der Waals surface area (Å²) in [5, 5.41) is 9.48. The van der Waals surface area contributed by atoms with Crippen molar-refractivity contribution in [2.75, 3.05) is 11.9 Å². The van der Waals surface area contributed by atoms with E-state index in [4.69, 9.17) is 9.72 Å². The molecule has 0 radical (unpaired) electrons. The zero-order valence-corrected chi connectivity index (χ0v) is 22.8. The van der Waals surface area contributed by atoms with Gasteiger partial charge in [0.25, 0.3) is 11.5 Å². The maximum atomic E-state index is 13.5. The van der Waals surface area contributed by atoms with Crippen LogP contribution in [0.3, 0.4) is 0 Å². The Morgan fingerprint density at radius 3 is 2.62 bits per heavy atom. The largest absolute Gasteiger partial charge is 0.483 e. The number of nitrogens with zero attached hydrogens (tertiary/aromatic N) is 3. The predicted octanol–water partition coefficient (Wildman–Crippen LogP) is 6.47. The Morgan fingerprint density at radius 1 is 1.08 bits per heavy atom. The Bertz CT molecular complexity index is 1780. The smallest absolute Gasteiger partial charge is 0.282 e. The minimum absolute atomic E-state index is 0.0682. The molecule has 0 aliphatic carbocycles. The van der Waals surface area contributed by atoms with Gasteiger partial charge in [-0.25, -0.2) is 9.37 Å². The van der Waals surface area contributed by atoms with Gasteiger partial charge in [0.15, 0.2) is 6.61 Å². The molecule has 0 fully saturated rings. The van der Waals surface area contributed by atoms with Crippen molar-refractivity contribution in [1.82, 2.24) is 9.66 Å². The third-order valence-corrected chi connectivity index (χ3v) is 6.56. The highest BCUT2D eigenvalue weighted by Crippen LogP contribution is 2.27. The Labute approximate surface area is 232 Å². The van der Waals surface area contributed by atoms with Crippen molar-refractivity contribution in [3.63, 3.8) is 0 Å².